The zero-order valence-electron chi connectivity index (χ0n) is 28.3. The minimum Gasteiger partial charge on any atom is -0.497 e. The predicted molar refractivity (Wildman–Crippen MR) is 166 cm³/mol. The van der Waals surface area contributed by atoms with Gasteiger partial charge in [-0.3, -0.25) is 9.69 Å². The van der Waals surface area contributed by atoms with Crippen molar-refractivity contribution in [1.82, 2.24) is 4.90 Å². The average molecular weight is 660 g/mol. The van der Waals surface area contributed by atoms with Crippen LogP contribution in [-0.2, 0) is 33.2 Å². The van der Waals surface area contributed by atoms with Gasteiger partial charge in [-0.25, -0.2) is 4.79 Å². The van der Waals surface area contributed by atoms with Gasteiger partial charge in [0, 0.05) is 89.4 Å². The number of nitrogens with zero attached hydrogens (tertiary/aromatic N) is 1. The Labute approximate surface area is 275 Å². The van der Waals surface area contributed by atoms with Crippen LogP contribution in [-0.4, -0.2) is 130 Å². The number of esters is 2. The third kappa shape index (κ3) is 4.00. The molecule has 7 rings (SSSR count). The molecule has 14 atom stereocenters. The van der Waals surface area contributed by atoms with Gasteiger partial charge >= 0.3 is 11.9 Å². The van der Waals surface area contributed by atoms with Crippen LogP contribution >= 0.6 is 0 Å². The summed E-state index contributed by atoms with van der Waals surface area (Å²) in [4.78, 5) is 29.5. The van der Waals surface area contributed by atoms with E-state index in [2.05, 4.69) is 11.8 Å². The van der Waals surface area contributed by atoms with Crippen LogP contribution in [0.25, 0.3) is 0 Å². The number of ether oxygens (including phenoxy) is 7. The van der Waals surface area contributed by atoms with Crippen LogP contribution in [0, 0.1) is 34.5 Å². The van der Waals surface area contributed by atoms with Crippen molar-refractivity contribution in [2.75, 3.05) is 55.2 Å². The lowest BCUT2D eigenvalue weighted by molar-refractivity contribution is -0.300. The van der Waals surface area contributed by atoms with E-state index < -0.39 is 76.3 Å². The lowest BCUT2D eigenvalue weighted by atomic mass is 9.42. The molecule has 0 amide bonds. The summed E-state index contributed by atoms with van der Waals surface area (Å²) in [5, 5.41) is 24.8. The van der Waals surface area contributed by atoms with E-state index in [4.69, 9.17) is 33.2 Å². The standard InChI is InChI=1S/C35H49NO11/c1-8-36-16-32(17-41-3)22(38)13-23(43-5)35-21-14-33(40)24(44-6)15-34(47-18(2)37,26(29(35)36)27(45-7)28(32)35)25(21)30(33)46-31(39)19-9-11-20(42-4)12-10-19/h9-12,21-30,38,40H,8,13-17H2,1-7H3/t21-,22-,23+,24+,25-,26-,27+,28-,29-,30-,32+,33+,34-,35+/m1/s1. The van der Waals surface area contributed by atoms with E-state index in [1.54, 1.807) is 52.7 Å². The molecule has 12 nitrogen and oxygen atoms in total. The molecule has 0 aromatic heterocycles. The molecule has 12 heteroatoms. The number of carbonyl (C=O) groups is 2. The highest BCUT2D eigenvalue weighted by molar-refractivity contribution is 5.89. The Kier molecular flexibility index (Phi) is 8.02. The molecule has 6 aliphatic rings. The molecule has 1 saturated heterocycles. The zero-order valence-corrected chi connectivity index (χ0v) is 28.3. The van der Waals surface area contributed by atoms with Gasteiger partial charge in [0.25, 0.3) is 0 Å². The first-order valence-electron chi connectivity index (χ1n) is 16.7. The second-order valence-electron chi connectivity index (χ2n) is 14.7. The van der Waals surface area contributed by atoms with Crippen LogP contribution in [0.1, 0.15) is 43.5 Å². The summed E-state index contributed by atoms with van der Waals surface area (Å²) in [6, 6.07) is 6.44. The number of benzene rings is 1. The fraction of sp³-hybridized carbons (Fsp3) is 0.771. The van der Waals surface area contributed by atoms with E-state index in [-0.39, 0.29) is 30.7 Å². The molecule has 1 heterocycles. The van der Waals surface area contributed by atoms with Gasteiger partial charge in [-0.15, -0.1) is 0 Å². The molecule has 1 spiro atoms. The number of hydrogen-bond acceptors (Lipinski definition) is 12. The van der Waals surface area contributed by atoms with Crippen LogP contribution < -0.4 is 4.74 Å². The smallest absolute Gasteiger partial charge is 0.338 e. The lowest BCUT2D eigenvalue weighted by Crippen LogP contribution is -2.79. The molecular weight excluding hydrogens is 610 g/mol. The third-order valence-electron chi connectivity index (χ3n) is 13.4. The summed E-state index contributed by atoms with van der Waals surface area (Å²) in [6.45, 7) is 5.04. The first-order chi connectivity index (χ1) is 22.5. The summed E-state index contributed by atoms with van der Waals surface area (Å²) >= 11 is 0. The molecule has 6 fully saturated rings. The van der Waals surface area contributed by atoms with E-state index in [1.807, 2.05) is 0 Å². The van der Waals surface area contributed by atoms with Crippen molar-refractivity contribution in [3.05, 3.63) is 29.8 Å². The van der Waals surface area contributed by atoms with Gasteiger partial charge < -0.3 is 43.4 Å². The molecule has 0 unspecified atom stereocenters. The molecule has 1 aliphatic heterocycles. The van der Waals surface area contributed by atoms with Crippen LogP contribution in [0.3, 0.4) is 0 Å². The van der Waals surface area contributed by atoms with Crippen molar-refractivity contribution in [3.63, 3.8) is 0 Å². The largest absolute Gasteiger partial charge is 0.497 e. The second kappa shape index (κ2) is 11.4. The summed E-state index contributed by atoms with van der Waals surface area (Å²) in [7, 11) is 8.11. The van der Waals surface area contributed by atoms with Crippen LogP contribution in [0.15, 0.2) is 24.3 Å². The van der Waals surface area contributed by atoms with Gasteiger partial charge in [0.15, 0.2) is 0 Å². The van der Waals surface area contributed by atoms with Crippen molar-refractivity contribution in [3.8, 4) is 5.75 Å². The zero-order chi connectivity index (χ0) is 33.7. The molecule has 1 aromatic carbocycles. The maximum absolute atomic E-state index is 13.9. The molecule has 2 N–H and O–H groups in total. The molecule has 47 heavy (non-hydrogen) atoms. The van der Waals surface area contributed by atoms with Gasteiger partial charge in [-0.1, -0.05) is 6.92 Å². The number of fused-ring (bicyclic) bond motifs is 2. The fourth-order valence-corrected chi connectivity index (χ4v) is 12.4. The number of aliphatic hydroxyl groups is 2. The van der Waals surface area contributed by atoms with E-state index in [0.29, 0.717) is 37.4 Å². The number of methoxy groups -OCH3 is 5. The highest BCUT2D eigenvalue weighted by Gasteiger charge is 2.90. The Morgan fingerprint density at radius 3 is 2.26 bits per heavy atom. The maximum atomic E-state index is 13.9. The molecule has 7 bridgehead atoms. The Balaban J connectivity index is 1.47. The Morgan fingerprint density at radius 1 is 0.979 bits per heavy atom. The Morgan fingerprint density at radius 2 is 1.68 bits per heavy atom. The number of piperidine rings is 1. The van der Waals surface area contributed by atoms with Crippen molar-refractivity contribution >= 4 is 11.9 Å². The van der Waals surface area contributed by atoms with Gasteiger partial charge in [-0.2, -0.15) is 0 Å². The van der Waals surface area contributed by atoms with E-state index >= 15 is 0 Å². The average Bonchev–Trinajstić information content (AvgIpc) is 3.43. The van der Waals surface area contributed by atoms with Gasteiger partial charge in [0.2, 0.25) is 0 Å². The quantitative estimate of drug-likeness (QED) is 0.353. The van der Waals surface area contributed by atoms with Crippen LogP contribution in [0.4, 0.5) is 0 Å². The molecule has 1 aromatic rings. The summed E-state index contributed by atoms with van der Waals surface area (Å²) in [6.07, 6.45) is -2.70. The fourth-order valence-electron chi connectivity index (χ4n) is 12.4. The molecular formula is C35H49NO11. The lowest BCUT2D eigenvalue weighted by Gasteiger charge is -2.70. The Hall–Kier alpha value is -2.32. The van der Waals surface area contributed by atoms with E-state index in [1.165, 1.54) is 14.0 Å². The predicted octanol–water partition coefficient (Wildman–Crippen LogP) is 1.69. The number of rotatable bonds is 10. The Bertz CT molecular complexity index is 1390. The normalized spacial score (nSPS) is 47.4. The highest BCUT2D eigenvalue weighted by Crippen LogP contribution is 2.80. The number of likely N-dealkylation sites (tertiary alicyclic amines) is 1. The van der Waals surface area contributed by atoms with E-state index in [0.717, 1.165) is 0 Å². The first-order valence-corrected chi connectivity index (χ1v) is 16.7. The topological polar surface area (TPSA) is 142 Å². The van der Waals surface area contributed by atoms with Crippen molar-refractivity contribution < 1.29 is 53.0 Å². The first kappa shape index (κ1) is 33.2. The van der Waals surface area contributed by atoms with Gasteiger partial charge in [0.05, 0.1) is 43.7 Å². The highest BCUT2D eigenvalue weighted by atomic mass is 16.6. The number of aliphatic hydroxyl groups excluding tert-OH is 1. The molecule has 0 radical (unpaired) electrons. The maximum Gasteiger partial charge on any atom is 0.338 e. The summed E-state index contributed by atoms with van der Waals surface area (Å²) < 4.78 is 43.2. The van der Waals surface area contributed by atoms with Crippen molar-refractivity contribution in [2.24, 2.45) is 34.5 Å². The second-order valence-corrected chi connectivity index (χ2v) is 14.7. The summed E-state index contributed by atoms with van der Waals surface area (Å²) in [5.41, 5.74) is -3.89. The van der Waals surface area contributed by atoms with Gasteiger partial charge in [-0.05, 0) is 43.1 Å². The van der Waals surface area contributed by atoms with Crippen LogP contribution in [0.2, 0.25) is 0 Å². The van der Waals surface area contributed by atoms with E-state index in [9.17, 15) is 19.8 Å². The van der Waals surface area contributed by atoms with Crippen molar-refractivity contribution in [1.29, 1.82) is 0 Å². The molecule has 5 saturated carbocycles. The minimum atomic E-state index is -1.58. The van der Waals surface area contributed by atoms with Crippen LogP contribution in [0.5, 0.6) is 5.75 Å². The SMILES string of the molecule is CCN1C[C@]2(COC)[C@H](O)C[C@H](OC)[C@@]34[C@@H]5C[C@]6(O)[C@@H](OC)C[C@](OC(C)=O)([C@H]([C@H](OC)[C@H]23)[C@@H]14)[C@H]5[C@H]6OC(=O)c1ccc(OC)cc1. The number of carbonyl (C=O) groups excluding carboxylic acids is 2. The molecule has 5 aliphatic carbocycles. The molecule has 260 valence electrons. The third-order valence-corrected chi connectivity index (χ3v) is 13.4. The summed E-state index contributed by atoms with van der Waals surface area (Å²) in [5.74, 6) is -2.10. The van der Waals surface area contributed by atoms with Gasteiger partial charge in [0.1, 0.15) is 23.1 Å². The number of hydrogen-bond donors (Lipinski definition) is 2. The van der Waals surface area contributed by atoms with Crippen molar-refractivity contribution in [2.45, 2.75) is 80.9 Å². The monoisotopic (exact) mass is 659 g/mol. The minimum absolute atomic E-state index is 0.179.